The highest BCUT2D eigenvalue weighted by Crippen LogP contribution is 2.29. The molecule has 3 nitrogen and oxygen atoms in total. The number of halogens is 3. The highest BCUT2D eigenvalue weighted by atomic mass is 19.4. The van der Waals surface area contributed by atoms with E-state index in [4.69, 9.17) is 0 Å². The van der Waals surface area contributed by atoms with E-state index in [1.54, 1.807) is 0 Å². The second-order valence-corrected chi connectivity index (χ2v) is 4.48. The number of nitrogens with one attached hydrogen (secondary N) is 1. The first-order chi connectivity index (χ1) is 8.45. The summed E-state index contributed by atoms with van der Waals surface area (Å²) in [5.74, 6) is 0. The average Bonchev–Trinajstić information content (AvgIpc) is 2.32. The largest absolute Gasteiger partial charge is 0.416 e. The molecule has 0 aliphatic carbocycles. The second kappa shape index (κ2) is 5.16. The van der Waals surface area contributed by atoms with Crippen molar-refractivity contribution in [1.29, 1.82) is 0 Å². The van der Waals surface area contributed by atoms with Crippen LogP contribution in [0.15, 0.2) is 24.3 Å². The Balaban J connectivity index is 1.94. The number of alkyl halides is 3. The molecule has 0 unspecified atom stereocenters. The molecule has 0 atom stereocenters. The summed E-state index contributed by atoms with van der Waals surface area (Å²) in [5, 5.41) is 2.02. The lowest BCUT2D eigenvalue weighted by atomic mass is 10.2. The Bertz CT molecular complexity index is 381. The number of benzene rings is 1. The molecule has 0 spiro atoms. The van der Waals surface area contributed by atoms with Crippen LogP contribution in [-0.2, 0) is 6.18 Å². The fourth-order valence-electron chi connectivity index (χ4n) is 1.83. The lowest BCUT2D eigenvalue weighted by Gasteiger charge is -2.33. The molecule has 0 radical (unpaired) electrons. The van der Waals surface area contributed by atoms with Crippen molar-refractivity contribution < 1.29 is 13.2 Å². The van der Waals surface area contributed by atoms with E-state index in [0.29, 0.717) is 5.69 Å². The summed E-state index contributed by atoms with van der Waals surface area (Å²) >= 11 is 0. The van der Waals surface area contributed by atoms with Crippen LogP contribution in [0, 0.1) is 0 Å². The highest BCUT2D eigenvalue weighted by Gasteiger charge is 2.30. The highest BCUT2D eigenvalue weighted by molar-refractivity contribution is 5.44. The fraction of sp³-hybridized carbons (Fsp3) is 0.500. The Hall–Kier alpha value is -1.27. The van der Waals surface area contributed by atoms with Crippen LogP contribution in [-0.4, -0.2) is 43.1 Å². The Morgan fingerprint density at radius 3 is 2.06 bits per heavy atom. The van der Waals surface area contributed by atoms with Crippen molar-refractivity contribution >= 4 is 5.69 Å². The van der Waals surface area contributed by atoms with E-state index in [1.165, 1.54) is 12.1 Å². The molecule has 1 fully saturated rings. The van der Waals surface area contributed by atoms with E-state index < -0.39 is 11.7 Å². The molecule has 1 aliphatic heterocycles. The van der Waals surface area contributed by atoms with Crippen LogP contribution >= 0.6 is 0 Å². The topological polar surface area (TPSA) is 18.5 Å². The number of likely N-dealkylation sites (N-methyl/N-ethyl adjacent to an activating group) is 1. The van der Waals surface area contributed by atoms with E-state index in [2.05, 4.69) is 17.4 Å². The third-order valence-corrected chi connectivity index (χ3v) is 3.00. The van der Waals surface area contributed by atoms with Gasteiger partial charge in [0.25, 0.3) is 0 Å². The van der Waals surface area contributed by atoms with E-state index in [1.807, 2.05) is 5.01 Å². The van der Waals surface area contributed by atoms with Gasteiger partial charge in [-0.05, 0) is 31.3 Å². The summed E-state index contributed by atoms with van der Waals surface area (Å²) in [6.07, 6.45) is -4.27. The molecule has 2 rings (SSSR count). The molecule has 1 heterocycles. The summed E-state index contributed by atoms with van der Waals surface area (Å²) in [4.78, 5) is 2.21. The van der Waals surface area contributed by atoms with E-state index in [0.717, 1.165) is 38.3 Å². The number of hydrazine groups is 1. The molecule has 1 N–H and O–H groups in total. The maximum Gasteiger partial charge on any atom is 0.416 e. The zero-order chi connectivity index (χ0) is 13.2. The van der Waals surface area contributed by atoms with Gasteiger partial charge in [0, 0.05) is 31.9 Å². The van der Waals surface area contributed by atoms with Gasteiger partial charge in [0.2, 0.25) is 0 Å². The number of anilines is 1. The standard InChI is InChI=1S/C12H16F3N3/c1-17-6-8-18(9-7-17)16-11-4-2-10(3-5-11)12(13,14)15/h2-5,16H,6-9H2,1H3. The van der Waals surface area contributed by atoms with Gasteiger partial charge in [-0.3, -0.25) is 0 Å². The van der Waals surface area contributed by atoms with Crippen LogP contribution in [0.2, 0.25) is 0 Å². The van der Waals surface area contributed by atoms with Crippen LogP contribution < -0.4 is 5.43 Å². The van der Waals surface area contributed by atoms with Gasteiger partial charge >= 0.3 is 6.18 Å². The summed E-state index contributed by atoms with van der Waals surface area (Å²) in [5.41, 5.74) is 3.19. The van der Waals surface area contributed by atoms with E-state index in [-0.39, 0.29) is 0 Å². The molecular weight excluding hydrogens is 243 g/mol. The molecule has 0 amide bonds. The molecule has 0 saturated carbocycles. The Kier molecular flexibility index (Phi) is 3.77. The predicted octanol–water partition coefficient (Wildman–Crippen LogP) is 2.28. The zero-order valence-electron chi connectivity index (χ0n) is 10.2. The Labute approximate surface area is 104 Å². The van der Waals surface area contributed by atoms with Gasteiger partial charge in [-0.1, -0.05) is 0 Å². The van der Waals surface area contributed by atoms with Crippen molar-refractivity contribution in [2.75, 3.05) is 38.7 Å². The molecule has 1 aromatic rings. The van der Waals surface area contributed by atoms with Crippen LogP contribution in [0.5, 0.6) is 0 Å². The third-order valence-electron chi connectivity index (χ3n) is 3.00. The summed E-state index contributed by atoms with van der Waals surface area (Å²) in [6.45, 7) is 3.62. The maximum atomic E-state index is 12.4. The predicted molar refractivity (Wildman–Crippen MR) is 64.1 cm³/mol. The SMILES string of the molecule is CN1CCN(Nc2ccc(C(F)(F)F)cc2)CC1. The number of hydrogen-bond donors (Lipinski definition) is 1. The van der Waals surface area contributed by atoms with Gasteiger partial charge < -0.3 is 10.3 Å². The quantitative estimate of drug-likeness (QED) is 0.879. The van der Waals surface area contributed by atoms with Crippen LogP contribution in [0.4, 0.5) is 18.9 Å². The van der Waals surface area contributed by atoms with Crippen LogP contribution in [0.1, 0.15) is 5.56 Å². The molecule has 1 aromatic carbocycles. The molecule has 0 aromatic heterocycles. The van der Waals surface area contributed by atoms with Gasteiger partial charge in [0.05, 0.1) is 5.56 Å². The first kappa shape index (κ1) is 13.2. The minimum Gasteiger partial charge on any atom is -0.319 e. The monoisotopic (exact) mass is 259 g/mol. The molecule has 1 saturated heterocycles. The average molecular weight is 259 g/mol. The first-order valence-corrected chi connectivity index (χ1v) is 5.82. The van der Waals surface area contributed by atoms with Crippen LogP contribution in [0.3, 0.4) is 0 Å². The van der Waals surface area contributed by atoms with Crippen molar-refractivity contribution in [3.8, 4) is 0 Å². The molecule has 100 valence electrons. The van der Waals surface area contributed by atoms with Crippen molar-refractivity contribution in [1.82, 2.24) is 9.91 Å². The summed E-state index contributed by atoms with van der Waals surface area (Å²) in [6, 6.07) is 5.11. The first-order valence-electron chi connectivity index (χ1n) is 5.82. The lowest BCUT2D eigenvalue weighted by molar-refractivity contribution is -0.137. The minimum atomic E-state index is -4.27. The molecular formula is C12H16F3N3. The van der Waals surface area contributed by atoms with Crippen molar-refractivity contribution in [2.24, 2.45) is 0 Å². The van der Waals surface area contributed by atoms with Gasteiger partial charge in [-0.25, -0.2) is 5.01 Å². The van der Waals surface area contributed by atoms with E-state index in [9.17, 15) is 13.2 Å². The van der Waals surface area contributed by atoms with Crippen LogP contribution in [0.25, 0.3) is 0 Å². The lowest BCUT2D eigenvalue weighted by Crippen LogP contribution is -2.46. The number of piperazine rings is 1. The Morgan fingerprint density at radius 2 is 1.56 bits per heavy atom. The maximum absolute atomic E-state index is 12.4. The number of hydrogen-bond acceptors (Lipinski definition) is 3. The van der Waals surface area contributed by atoms with Gasteiger partial charge in [0.15, 0.2) is 0 Å². The Morgan fingerprint density at radius 1 is 1.00 bits per heavy atom. The minimum absolute atomic E-state index is 0.619. The molecule has 18 heavy (non-hydrogen) atoms. The molecule has 6 heteroatoms. The normalized spacial score (nSPS) is 18.9. The molecule has 0 bridgehead atoms. The third kappa shape index (κ3) is 3.36. The van der Waals surface area contributed by atoms with Gasteiger partial charge in [0.1, 0.15) is 0 Å². The van der Waals surface area contributed by atoms with E-state index >= 15 is 0 Å². The summed E-state index contributed by atoms with van der Waals surface area (Å²) < 4.78 is 37.2. The van der Waals surface area contributed by atoms with Crippen molar-refractivity contribution in [3.63, 3.8) is 0 Å². The smallest absolute Gasteiger partial charge is 0.319 e. The number of nitrogens with zero attached hydrogens (tertiary/aromatic N) is 2. The van der Waals surface area contributed by atoms with Gasteiger partial charge in [-0.2, -0.15) is 13.2 Å². The van der Waals surface area contributed by atoms with Gasteiger partial charge in [-0.15, -0.1) is 0 Å². The number of rotatable bonds is 2. The fourth-order valence-corrected chi connectivity index (χ4v) is 1.83. The van der Waals surface area contributed by atoms with Crippen molar-refractivity contribution in [2.45, 2.75) is 6.18 Å². The van der Waals surface area contributed by atoms with Crippen molar-refractivity contribution in [3.05, 3.63) is 29.8 Å². The second-order valence-electron chi connectivity index (χ2n) is 4.48. The summed E-state index contributed by atoms with van der Waals surface area (Å²) in [7, 11) is 2.05. The zero-order valence-corrected chi connectivity index (χ0v) is 10.2. The molecule has 1 aliphatic rings.